The van der Waals surface area contributed by atoms with Crippen molar-refractivity contribution in [2.75, 3.05) is 12.4 Å². The van der Waals surface area contributed by atoms with Gasteiger partial charge < -0.3 is 15.4 Å². The molecule has 0 saturated carbocycles. The fourth-order valence-electron chi connectivity index (χ4n) is 2.24. The van der Waals surface area contributed by atoms with Gasteiger partial charge >= 0.3 is 6.03 Å². The van der Waals surface area contributed by atoms with Crippen LogP contribution in [0.25, 0.3) is 0 Å². The lowest BCUT2D eigenvalue weighted by atomic mass is 10.0. The molecule has 2 atom stereocenters. The first kappa shape index (κ1) is 15.1. The number of benzene rings is 2. The Balaban J connectivity index is 1.96. The molecule has 0 spiro atoms. The van der Waals surface area contributed by atoms with Gasteiger partial charge in [-0.1, -0.05) is 48.5 Å². The molecule has 0 aliphatic heterocycles. The summed E-state index contributed by atoms with van der Waals surface area (Å²) in [5, 5.41) is 5.70. The standard InChI is InChI=1S/C17H20N2O2/c1-13(16(21-2)14-9-5-3-6-10-14)18-17(20)19-15-11-7-4-8-12-15/h3-13,16H,1-2H3,(H2,18,19,20). The minimum absolute atomic E-state index is 0.152. The van der Waals surface area contributed by atoms with Gasteiger partial charge in [-0.2, -0.15) is 0 Å². The first-order valence-corrected chi connectivity index (χ1v) is 6.91. The molecule has 2 amide bonds. The molecule has 0 aliphatic rings. The van der Waals surface area contributed by atoms with Gasteiger partial charge in [-0.05, 0) is 24.6 Å². The molecule has 0 fully saturated rings. The Morgan fingerprint density at radius 3 is 2.14 bits per heavy atom. The van der Waals surface area contributed by atoms with Crippen molar-refractivity contribution >= 4 is 11.7 Å². The zero-order chi connectivity index (χ0) is 15.1. The van der Waals surface area contributed by atoms with E-state index in [4.69, 9.17) is 4.74 Å². The first-order valence-electron chi connectivity index (χ1n) is 6.91. The molecule has 2 unspecified atom stereocenters. The lowest BCUT2D eigenvalue weighted by Crippen LogP contribution is -2.40. The van der Waals surface area contributed by atoms with E-state index in [0.717, 1.165) is 11.3 Å². The van der Waals surface area contributed by atoms with Gasteiger partial charge in [0.2, 0.25) is 0 Å². The predicted molar refractivity (Wildman–Crippen MR) is 84.3 cm³/mol. The van der Waals surface area contributed by atoms with Gasteiger partial charge in [-0.15, -0.1) is 0 Å². The van der Waals surface area contributed by atoms with Crippen molar-refractivity contribution in [3.8, 4) is 0 Å². The molecule has 0 aromatic heterocycles. The average Bonchev–Trinajstić information content (AvgIpc) is 2.50. The van der Waals surface area contributed by atoms with Crippen molar-refractivity contribution in [2.24, 2.45) is 0 Å². The minimum atomic E-state index is -0.244. The summed E-state index contributed by atoms with van der Waals surface area (Å²) in [5.74, 6) is 0. The predicted octanol–water partition coefficient (Wildman–Crippen LogP) is 3.58. The number of carbonyl (C=O) groups excluding carboxylic acids is 1. The first-order chi connectivity index (χ1) is 10.2. The highest BCUT2D eigenvalue weighted by atomic mass is 16.5. The summed E-state index contributed by atoms with van der Waals surface area (Å²) in [5.41, 5.74) is 1.79. The fourth-order valence-corrected chi connectivity index (χ4v) is 2.24. The van der Waals surface area contributed by atoms with Crippen LogP contribution in [0.4, 0.5) is 10.5 Å². The van der Waals surface area contributed by atoms with Crippen LogP contribution < -0.4 is 10.6 Å². The molecule has 21 heavy (non-hydrogen) atoms. The van der Waals surface area contributed by atoms with Gasteiger partial charge in [0, 0.05) is 12.8 Å². The average molecular weight is 284 g/mol. The molecule has 0 aliphatic carbocycles. The van der Waals surface area contributed by atoms with Crippen molar-refractivity contribution in [2.45, 2.75) is 19.1 Å². The van der Waals surface area contributed by atoms with Gasteiger partial charge in [0.25, 0.3) is 0 Å². The van der Waals surface area contributed by atoms with E-state index in [-0.39, 0.29) is 18.2 Å². The quantitative estimate of drug-likeness (QED) is 0.881. The molecule has 0 radical (unpaired) electrons. The van der Waals surface area contributed by atoms with Gasteiger partial charge in [-0.25, -0.2) is 4.79 Å². The van der Waals surface area contributed by atoms with Gasteiger partial charge in [0.05, 0.1) is 6.04 Å². The Hall–Kier alpha value is -2.33. The summed E-state index contributed by atoms with van der Waals surface area (Å²) in [4.78, 5) is 12.0. The minimum Gasteiger partial charge on any atom is -0.375 e. The maximum absolute atomic E-state index is 12.0. The van der Waals surface area contributed by atoms with E-state index in [1.54, 1.807) is 7.11 Å². The Kier molecular flexibility index (Phi) is 5.35. The van der Waals surface area contributed by atoms with Crippen molar-refractivity contribution in [1.82, 2.24) is 5.32 Å². The van der Waals surface area contributed by atoms with Crippen molar-refractivity contribution in [3.05, 3.63) is 66.2 Å². The van der Waals surface area contributed by atoms with Gasteiger partial charge in [0.1, 0.15) is 6.10 Å². The number of carbonyl (C=O) groups is 1. The number of rotatable bonds is 5. The van der Waals surface area contributed by atoms with Crippen LogP contribution in [0.2, 0.25) is 0 Å². The third kappa shape index (κ3) is 4.33. The number of para-hydroxylation sites is 1. The zero-order valence-electron chi connectivity index (χ0n) is 12.2. The molecule has 110 valence electrons. The Bertz CT molecular complexity index is 558. The fraction of sp³-hybridized carbons (Fsp3) is 0.235. The highest BCUT2D eigenvalue weighted by molar-refractivity contribution is 5.89. The van der Waals surface area contributed by atoms with Crippen LogP contribution in [0.3, 0.4) is 0 Å². The molecule has 2 rings (SSSR count). The molecule has 4 nitrogen and oxygen atoms in total. The topological polar surface area (TPSA) is 50.4 Å². The summed E-state index contributed by atoms with van der Waals surface area (Å²) < 4.78 is 5.51. The molecular formula is C17H20N2O2. The number of hydrogen-bond donors (Lipinski definition) is 2. The third-order valence-corrected chi connectivity index (χ3v) is 3.23. The van der Waals surface area contributed by atoms with Crippen molar-refractivity contribution in [1.29, 1.82) is 0 Å². The van der Waals surface area contributed by atoms with E-state index in [2.05, 4.69) is 10.6 Å². The number of nitrogens with one attached hydrogen (secondary N) is 2. The molecule has 2 N–H and O–H groups in total. The number of hydrogen-bond acceptors (Lipinski definition) is 2. The number of methoxy groups -OCH3 is 1. The molecule has 0 heterocycles. The maximum atomic E-state index is 12.0. The number of ether oxygens (including phenoxy) is 1. The Morgan fingerprint density at radius 1 is 1.00 bits per heavy atom. The van der Waals surface area contributed by atoms with E-state index >= 15 is 0 Å². The second kappa shape index (κ2) is 7.45. The lowest BCUT2D eigenvalue weighted by molar-refractivity contribution is 0.0770. The van der Waals surface area contributed by atoms with Crippen LogP contribution in [0.1, 0.15) is 18.6 Å². The number of anilines is 1. The van der Waals surface area contributed by atoms with Crippen LogP contribution in [-0.4, -0.2) is 19.2 Å². The monoisotopic (exact) mass is 284 g/mol. The molecule has 0 saturated heterocycles. The van der Waals surface area contributed by atoms with Crippen LogP contribution in [0.5, 0.6) is 0 Å². The summed E-state index contributed by atoms with van der Waals surface area (Å²) in [6.45, 7) is 1.92. The Morgan fingerprint density at radius 2 is 1.57 bits per heavy atom. The lowest BCUT2D eigenvalue weighted by Gasteiger charge is -2.24. The highest BCUT2D eigenvalue weighted by Crippen LogP contribution is 2.20. The third-order valence-electron chi connectivity index (χ3n) is 3.23. The summed E-state index contributed by atoms with van der Waals surface area (Å²) >= 11 is 0. The number of amides is 2. The maximum Gasteiger partial charge on any atom is 0.319 e. The smallest absolute Gasteiger partial charge is 0.319 e. The second-order valence-electron chi connectivity index (χ2n) is 4.82. The van der Waals surface area contributed by atoms with Crippen molar-refractivity contribution in [3.63, 3.8) is 0 Å². The Labute approximate surface area is 125 Å². The molecule has 0 bridgehead atoms. The van der Waals surface area contributed by atoms with E-state index in [1.807, 2.05) is 67.6 Å². The largest absolute Gasteiger partial charge is 0.375 e. The van der Waals surface area contributed by atoms with E-state index in [1.165, 1.54) is 0 Å². The molecule has 2 aromatic carbocycles. The van der Waals surface area contributed by atoms with Gasteiger partial charge in [-0.3, -0.25) is 0 Å². The van der Waals surface area contributed by atoms with Crippen molar-refractivity contribution < 1.29 is 9.53 Å². The highest BCUT2D eigenvalue weighted by Gasteiger charge is 2.20. The molecular weight excluding hydrogens is 264 g/mol. The van der Waals surface area contributed by atoms with Crippen LogP contribution in [-0.2, 0) is 4.74 Å². The van der Waals surface area contributed by atoms with E-state index in [0.29, 0.717) is 0 Å². The molecule has 4 heteroatoms. The van der Waals surface area contributed by atoms with Gasteiger partial charge in [0.15, 0.2) is 0 Å². The summed E-state index contributed by atoms with van der Waals surface area (Å²) in [7, 11) is 1.64. The van der Waals surface area contributed by atoms with Crippen LogP contribution in [0, 0.1) is 0 Å². The summed E-state index contributed by atoms with van der Waals surface area (Å²) in [6.07, 6.45) is -0.187. The van der Waals surface area contributed by atoms with Crippen LogP contribution >= 0.6 is 0 Å². The SMILES string of the molecule is COC(c1ccccc1)C(C)NC(=O)Nc1ccccc1. The zero-order valence-corrected chi connectivity index (χ0v) is 12.2. The van der Waals surface area contributed by atoms with Crippen LogP contribution in [0.15, 0.2) is 60.7 Å². The van der Waals surface area contributed by atoms with E-state index in [9.17, 15) is 4.79 Å². The normalized spacial score (nSPS) is 13.2. The second-order valence-corrected chi connectivity index (χ2v) is 4.82. The molecule has 2 aromatic rings. The van der Waals surface area contributed by atoms with E-state index < -0.39 is 0 Å². The summed E-state index contributed by atoms with van der Waals surface area (Å²) in [6, 6.07) is 18.8. The number of urea groups is 1.